The van der Waals surface area contributed by atoms with Gasteiger partial charge in [-0.25, -0.2) is 9.97 Å². The molecule has 2 aliphatic rings. The Morgan fingerprint density at radius 2 is 1.94 bits per heavy atom. The molecule has 90 valence electrons. The summed E-state index contributed by atoms with van der Waals surface area (Å²) >= 11 is 4.45. The molecule has 4 heteroatoms. The molecule has 3 nitrogen and oxygen atoms in total. The van der Waals surface area contributed by atoms with E-state index in [1.165, 1.54) is 24.1 Å². The van der Waals surface area contributed by atoms with Crippen molar-refractivity contribution in [3.05, 3.63) is 42.2 Å². The highest BCUT2D eigenvalue weighted by atomic mass is 32.1. The molecule has 0 amide bonds. The van der Waals surface area contributed by atoms with Crippen LogP contribution in [0.5, 0.6) is 0 Å². The van der Waals surface area contributed by atoms with E-state index in [-0.39, 0.29) is 0 Å². The summed E-state index contributed by atoms with van der Waals surface area (Å²) < 4.78 is 0. The fourth-order valence-electron chi connectivity index (χ4n) is 2.85. The first-order chi connectivity index (χ1) is 8.78. The van der Waals surface area contributed by atoms with Gasteiger partial charge in [0.1, 0.15) is 0 Å². The molecule has 4 rings (SSSR count). The van der Waals surface area contributed by atoms with Gasteiger partial charge in [0.25, 0.3) is 0 Å². The van der Waals surface area contributed by atoms with E-state index in [9.17, 15) is 0 Å². The van der Waals surface area contributed by atoms with E-state index in [0.29, 0.717) is 5.41 Å². The van der Waals surface area contributed by atoms with Crippen LogP contribution in [0, 0.1) is 0 Å². The van der Waals surface area contributed by atoms with Crippen molar-refractivity contribution in [3.8, 4) is 0 Å². The van der Waals surface area contributed by atoms with Crippen molar-refractivity contribution in [2.45, 2.75) is 23.2 Å². The van der Waals surface area contributed by atoms with Crippen molar-refractivity contribution in [3.63, 3.8) is 0 Å². The SMILES string of the molecule is Sc1ccc2c(c1)N(c1ncccn1)CC21CC1. The Kier molecular flexibility index (Phi) is 2.01. The molecular formula is C14H13N3S. The minimum absolute atomic E-state index is 0.357. The molecule has 1 aromatic heterocycles. The largest absolute Gasteiger partial charge is 0.309 e. The molecule has 1 aliphatic carbocycles. The van der Waals surface area contributed by atoms with Gasteiger partial charge in [-0.15, -0.1) is 12.6 Å². The van der Waals surface area contributed by atoms with Crippen LogP contribution in [0.3, 0.4) is 0 Å². The average Bonchev–Trinajstić information content (AvgIpc) is 3.10. The van der Waals surface area contributed by atoms with Gasteiger partial charge in [0.15, 0.2) is 0 Å². The zero-order chi connectivity index (χ0) is 12.2. The van der Waals surface area contributed by atoms with Crippen molar-refractivity contribution in [1.82, 2.24) is 9.97 Å². The summed E-state index contributed by atoms with van der Waals surface area (Å²) in [4.78, 5) is 12.0. The second-order valence-corrected chi connectivity index (χ2v) is 5.63. The third kappa shape index (κ3) is 1.38. The summed E-state index contributed by atoms with van der Waals surface area (Å²) in [5, 5.41) is 0. The minimum atomic E-state index is 0.357. The second-order valence-electron chi connectivity index (χ2n) is 5.12. The molecule has 0 bridgehead atoms. The van der Waals surface area contributed by atoms with Crippen molar-refractivity contribution < 1.29 is 0 Å². The third-order valence-electron chi connectivity index (χ3n) is 3.95. The molecular weight excluding hydrogens is 242 g/mol. The van der Waals surface area contributed by atoms with Crippen molar-refractivity contribution >= 4 is 24.3 Å². The number of thiol groups is 1. The Hall–Kier alpha value is -1.55. The number of nitrogens with zero attached hydrogens (tertiary/aromatic N) is 3. The first-order valence-electron chi connectivity index (χ1n) is 6.17. The van der Waals surface area contributed by atoms with E-state index < -0.39 is 0 Å². The summed E-state index contributed by atoms with van der Waals surface area (Å²) in [6.45, 7) is 1.00. The van der Waals surface area contributed by atoms with Crippen LogP contribution in [0.4, 0.5) is 11.6 Å². The molecule has 0 saturated heterocycles. The smallest absolute Gasteiger partial charge is 0.229 e. The number of aromatic nitrogens is 2. The van der Waals surface area contributed by atoms with Gasteiger partial charge in [-0.3, -0.25) is 0 Å². The van der Waals surface area contributed by atoms with Gasteiger partial charge in [0, 0.05) is 34.9 Å². The molecule has 0 atom stereocenters. The van der Waals surface area contributed by atoms with Crippen LogP contribution in [-0.4, -0.2) is 16.5 Å². The predicted octanol–water partition coefficient (Wildman–Crippen LogP) is 2.95. The number of benzene rings is 1. The minimum Gasteiger partial charge on any atom is -0.309 e. The normalized spacial score (nSPS) is 19.1. The summed E-state index contributed by atoms with van der Waals surface area (Å²) in [7, 11) is 0. The Bertz CT molecular complexity index is 608. The van der Waals surface area contributed by atoms with Gasteiger partial charge in [-0.1, -0.05) is 6.07 Å². The number of hydrogen-bond donors (Lipinski definition) is 1. The molecule has 18 heavy (non-hydrogen) atoms. The fraction of sp³-hybridized carbons (Fsp3) is 0.286. The first-order valence-corrected chi connectivity index (χ1v) is 6.61. The van der Waals surface area contributed by atoms with Crippen LogP contribution in [0.2, 0.25) is 0 Å². The Morgan fingerprint density at radius 1 is 1.17 bits per heavy atom. The lowest BCUT2D eigenvalue weighted by atomic mass is 9.99. The number of rotatable bonds is 1. The lowest BCUT2D eigenvalue weighted by Gasteiger charge is -2.17. The Morgan fingerprint density at radius 3 is 2.67 bits per heavy atom. The van der Waals surface area contributed by atoms with E-state index in [1.54, 1.807) is 12.4 Å². The van der Waals surface area contributed by atoms with E-state index >= 15 is 0 Å². The predicted molar refractivity (Wildman–Crippen MR) is 73.6 cm³/mol. The third-order valence-corrected chi connectivity index (χ3v) is 4.23. The van der Waals surface area contributed by atoms with E-state index in [2.05, 4.69) is 45.7 Å². The summed E-state index contributed by atoms with van der Waals surface area (Å²) in [5.74, 6) is 0.793. The van der Waals surface area contributed by atoms with Crippen LogP contribution in [0.1, 0.15) is 18.4 Å². The standard InChI is InChI=1S/C14H13N3S/c18-10-2-3-11-12(8-10)17(9-14(11)4-5-14)13-15-6-1-7-16-13/h1-3,6-8,18H,4-5,9H2. The topological polar surface area (TPSA) is 29.0 Å². The highest BCUT2D eigenvalue weighted by Crippen LogP contribution is 2.57. The molecule has 1 spiro atoms. The maximum absolute atomic E-state index is 4.45. The summed E-state index contributed by atoms with van der Waals surface area (Å²) in [6, 6.07) is 8.27. The zero-order valence-electron chi connectivity index (χ0n) is 9.87. The number of fused-ring (bicyclic) bond motifs is 2. The van der Waals surface area contributed by atoms with Gasteiger partial charge in [0.2, 0.25) is 5.95 Å². The zero-order valence-corrected chi connectivity index (χ0v) is 10.8. The van der Waals surface area contributed by atoms with Crippen molar-refractivity contribution in [2.24, 2.45) is 0 Å². The monoisotopic (exact) mass is 255 g/mol. The fourth-order valence-corrected chi connectivity index (χ4v) is 3.05. The quantitative estimate of drug-likeness (QED) is 0.794. The van der Waals surface area contributed by atoms with E-state index in [4.69, 9.17) is 0 Å². The van der Waals surface area contributed by atoms with Crippen molar-refractivity contribution in [1.29, 1.82) is 0 Å². The molecule has 2 heterocycles. The van der Waals surface area contributed by atoms with E-state index in [1.807, 2.05) is 6.07 Å². The van der Waals surface area contributed by atoms with Gasteiger partial charge in [0.05, 0.1) is 0 Å². The molecule has 1 aliphatic heterocycles. The lowest BCUT2D eigenvalue weighted by Crippen LogP contribution is -2.20. The lowest BCUT2D eigenvalue weighted by molar-refractivity contribution is 0.735. The van der Waals surface area contributed by atoms with Crippen LogP contribution in [0.25, 0.3) is 0 Å². The molecule has 1 aromatic carbocycles. The Labute approximate surface area is 111 Å². The summed E-state index contributed by atoms with van der Waals surface area (Å²) in [5.41, 5.74) is 3.02. The molecule has 0 radical (unpaired) electrons. The Balaban J connectivity index is 1.87. The highest BCUT2D eigenvalue weighted by Gasteiger charge is 2.52. The summed E-state index contributed by atoms with van der Waals surface area (Å²) in [6.07, 6.45) is 6.14. The molecule has 1 saturated carbocycles. The highest BCUT2D eigenvalue weighted by molar-refractivity contribution is 7.80. The molecule has 0 unspecified atom stereocenters. The molecule has 1 fully saturated rings. The second kappa shape index (κ2) is 3.48. The van der Waals surface area contributed by atoms with Gasteiger partial charge >= 0.3 is 0 Å². The van der Waals surface area contributed by atoms with Crippen LogP contribution in [0.15, 0.2) is 41.6 Å². The van der Waals surface area contributed by atoms with Crippen LogP contribution in [-0.2, 0) is 5.41 Å². The van der Waals surface area contributed by atoms with Gasteiger partial charge in [-0.2, -0.15) is 0 Å². The van der Waals surface area contributed by atoms with Gasteiger partial charge < -0.3 is 4.90 Å². The van der Waals surface area contributed by atoms with Crippen LogP contribution >= 0.6 is 12.6 Å². The first kappa shape index (κ1) is 10.4. The van der Waals surface area contributed by atoms with Crippen LogP contribution < -0.4 is 4.90 Å². The maximum atomic E-state index is 4.45. The number of anilines is 2. The average molecular weight is 255 g/mol. The van der Waals surface area contributed by atoms with Gasteiger partial charge in [-0.05, 0) is 36.6 Å². The maximum Gasteiger partial charge on any atom is 0.229 e. The molecule has 2 aromatic rings. The van der Waals surface area contributed by atoms with E-state index in [0.717, 1.165) is 17.4 Å². The van der Waals surface area contributed by atoms with Crippen molar-refractivity contribution in [2.75, 3.05) is 11.4 Å². The number of hydrogen-bond acceptors (Lipinski definition) is 4. The molecule has 0 N–H and O–H groups in total.